The summed E-state index contributed by atoms with van der Waals surface area (Å²) < 4.78 is 15.4. The lowest BCUT2D eigenvalue weighted by atomic mass is 10.1. The highest BCUT2D eigenvalue weighted by Crippen LogP contribution is 2.33. The summed E-state index contributed by atoms with van der Waals surface area (Å²) in [5.41, 5.74) is -0.942. The van der Waals surface area contributed by atoms with Crippen LogP contribution in [-0.2, 0) is 14.2 Å². The van der Waals surface area contributed by atoms with Gasteiger partial charge in [0.2, 0.25) is 0 Å². The van der Waals surface area contributed by atoms with Crippen molar-refractivity contribution in [2.75, 3.05) is 19.5 Å². The van der Waals surface area contributed by atoms with Gasteiger partial charge in [0.1, 0.15) is 48.2 Å². The average Bonchev–Trinajstić information content (AvgIpc) is 3.03. The van der Waals surface area contributed by atoms with Crippen molar-refractivity contribution in [1.82, 2.24) is 0 Å². The van der Waals surface area contributed by atoms with Crippen molar-refractivity contribution < 1.29 is 50.0 Å². The minimum absolute atomic E-state index is 0.0404. The molecule has 10 atom stereocenters. The number of thioether (sulfide) groups is 1. The van der Waals surface area contributed by atoms with E-state index in [1.807, 2.05) is 0 Å². The fourth-order valence-electron chi connectivity index (χ4n) is 2.70. The number of hydrogen-bond acceptors (Lipinski definition) is 11. The fraction of sp³-hybridized carbons (Fsp3) is 1.00. The second-order valence-corrected chi connectivity index (χ2v) is 6.92. The first-order chi connectivity index (χ1) is 11.3. The molecule has 24 heavy (non-hydrogen) atoms. The molecular weight excluding hydrogens is 348 g/mol. The van der Waals surface area contributed by atoms with Gasteiger partial charge in [-0.05, 0) is 0 Å². The van der Waals surface area contributed by atoms with Gasteiger partial charge < -0.3 is 50.0 Å². The quantitative estimate of drug-likeness (QED) is 0.232. The summed E-state index contributed by atoms with van der Waals surface area (Å²) in [4.78, 5) is 0. The third-order valence-corrected chi connectivity index (χ3v) is 5.37. The van der Waals surface area contributed by atoms with Gasteiger partial charge in [0.15, 0.2) is 6.29 Å². The normalized spacial score (nSPS) is 45.5. The predicted molar refractivity (Wildman–Crippen MR) is 79.9 cm³/mol. The molecule has 0 aromatic rings. The van der Waals surface area contributed by atoms with Gasteiger partial charge in [-0.15, -0.1) is 11.8 Å². The molecule has 0 spiro atoms. The standard InChI is InChI=1S/C13H24O10S/c1-21-12-8(19)6(17)11(22-12)5(16)3-24-13-9(20)7(18)10(23-13)4(15)2-14/h4-20H,2-3H2,1H3/t4-,5-,6-,7-,8-,9-,10+,11+,12-,13+/m1/s1. The molecule has 2 saturated heterocycles. The summed E-state index contributed by atoms with van der Waals surface area (Å²) in [6.07, 6.45) is -11.2. The number of methoxy groups -OCH3 is 1. The summed E-state index contributed by atoms with van der Waals surface area (Å²) >= 11 is 0.946. The molecule has 0 bridgehead atoms. The summed E-state index contributed by atoms with van der Waals surface area (Å²) in [6, 6.07) is 0. The Hall–Kier alpha value is -0.0500. The van der Waals surface area contributed by atoms with Crippen LogP contribution in [0.2, 0.25) is 0 Å². The molecule has 2 aliphatic heterocycles. The van der Waals surface area contributed by atoms with Crippen LogP contribution in [0.5, 0.6) is 0 Å². The van der Waals surface area contributed by atoms with Gasteiger partial charge in [0.25, 0.3) is 0 Å². The van der Waals surface area contributed by atoms with Crippen LogP contribution in [0, 0.1) is 0 Å². The summed E-state index contributed by atoms with van der Waals surface area (Å²) in [5.74, 6) is -0.0404. The Morgan fingerprint density at radius 3 is 2.04 bits per heavy atom. The number of ether oxygens (including phenoxy) is 3. The van der Waals surface area contributed by atoms with Crippen molar-refractivity contribution in [3.8, 4) is 0 Å². The third kappa shape index (κ3) is 4.02. The summed E-state index contributed by atoms with van der Waals surface area (Å²) in [7, 11) is 1.29. The van der Waals surface area contributed by atoms with Crippen molar-refractivity contribution in [3.63, 3.8) is 0 Å². The zero-order valence-electron chi connectivity index (χ0n) is 13.0. The molecule has 0 aromatic carbocycles. The van der Waals surface area contributed by atoms with Gasteiger partial charge in [0.05, 0.1) is 12.7 Å². The maximum absolute atomic E-state index is 10.1. The second kappa shape index (κ2) is 8.56. The summed E-state index contributed by atoms with van der Waals surface area (Å²) in [5, 5.41) is 67.8. The highest BCUT2D eigenvalue weighted by atomic mass is 32.2. The Morgan fingerprint density at radius 2 is 1.50 bits per heavy atom. The average molecular weight is 372 g/mol. The maximum Gasteiger partial charge on any atom is 0.186 e. The van der Waals surface area contributed by atoms with Crippen LogP contribution in [0.1, 0.15) is 0 Å². The second-order valence-electron chi connectivity index (χ2n) is 5.79. The number of rotatable bonds is 7. The molecule has 2 fully saturated rings. The molecule has 0 aliphatic carbocycles. The minimum Gasteiger partial charge on any atom is -0.394 e. The van der Waals surface area contributed by atoms with E-state index in [4.69, 9.17) is 19.3 Å². The lowest BCUT2D eigenvalue weighted by Crippen LogP contribution is -2.41. The van der Waals surface area contributed by atoms with Gasteiger partial charge in [-0.3, -0.25) is 0 Å². The van der Waals surface area contributed by atoms with E-state index >= 15 is 0 Å². The molecule has 0 radical (unpaired) electrons. The zero-order chi connectivity index (χ0) is 18.0. The van der Waals surface area contributed by atoms with Crippen LogP contribution >= 0.6 is 11.8 Å². The molecule has 11 heteroatoms. The number of aliphatic hydroxyl groups is 7. The van der Waals surface area contributed by atoms with Gasteiger partial charge in [-0.1, -0.05) is 0 Å². The van der Waals surface area contributed by atoms with E-state index in [0.717, 1.165) is 11.8 Å². The maximum atomic E-state index is 10.1. The summed E-state index contributed by atoms with van der Waals surface area (Å²) in [6.45, 7) is -0.632. The molecule has 2 aliphatic rings. The van der Waals surface area contributed by atoms with Gasteiger partial charge in [-0.25, -0.2) is 0 Å². The molecule has 0 aromatic heterocycles. The largest absolute Gasteiger partial charge is 0.394 e. The van der Waals surface area contributed by atoms with E-state index in [9.17, 15) is 30.6 Å². The van der Waals surface area contributed by atoms with Crippen molar-refractivity contribution in [1.29, 1.82) is 0 Å². The molecule has 142 valence electrons. The molecular formula is C13H24O10S. The molecule has 10 nitrogen and oxygen atoms in total. The van der Waals surface area contributed by atoms with E-state index in [0.29, 0.717) is 0 Å². The lowest BCUT2D eigenvalue weighted by molar-refractivity contribution is -0.161. The first kappa shape index (κ1) is 20.3. The Kier molecular flexibility index (Phi) is 7.22. The monoisotopic (exact) mass is 372 g/mol. The van der Waals surface area contributed by atoms with Crippen LogP contribution in [-0.4, -0.2) is 116 Å². The van der Waals surface area contributed by atoms with Crippen LogP contribution in [0.3, 0.4) is 0 Å². The Labute approximate surface area is 142 Å². The van der Waals surface area contributed by atoms with Crippen molar-refractivity contribution in [3.05, 3.63) is 0 Å². The van der Waals surface area contributed by atoms with E-state index in [-0.39, 0.29) is 5.75 Å². The van der Waals surface area contributed by atoms with E-state index in [2.05, 4.69) is 0 Å². The third-order valence-electron chi connectivity index (χ3n) is 4.12. The van der Waals surface area contributed by atoms with Crippen LogP contribution < -0.4 is 0 Å². The molecule has 7 N–H and O–H groups in total. The van der Waals surface area contributed by atoms with Gasteiger partial charge in [0, 0.05) is 12.9 Å². The fourth-order valence-corrected chi connectivity index (χ4v) is 3.85. The minimum atomic E-state index is -1.38. The van der Waals surface area contributed by atoms with Crippen LogP contribution in [0.4, 0.5) is 0 Å². The van der Waals surface area contributed by atoms with Gasteiger partial charge >= 0.3 is 0 Å². The first-order valence-corrected chi connectivity index (χ1v) is 8.51. The highest BCUT2D eigenvalue weighted by molar-refractivity contribution is 7.99. The van der Waals surface area contributed by atoms with Crippen molar-refractivity contribution >= 4 is 11.8 Å². The number of hydrogen-bond donors (Lipinski definition) is 7. The van der Waals surface area contributed by atoms with Crippen LogP contribution in [0.25, 0.3) is 0 Å². The van der Waals surface area contributed by atoms with Crippen LogP contribution in [0.15, 0.2) is 0 Å². The van der Waals surface area contributed by atoms with Crippen molar-refractivity contribution in [2.24, 2.45) is 0 Å². The Bertz CT molecular complexity index is 401. The highest BCUT2D eigenvalue weighted by Gasteiger charge is 2.48. The topological polar surface area (TPSA) is 169 Å². The predicted octanol–water partition coefficient (Wildman–Crippen LogP) is -4.03. The van der Waals surface area contributed by atoms with E-state index in [1.54, 1.807) is 0 Å². The van der Waals surface area contributed by atoms with E-state index in [1.165, 1.54) is 7.11 Å². The molecule has 0 saturated carbocycles. The molecule has 2 heterocycles. The smallest absolute Gasteiger partial charge is 0.186 e. The molecule has 2 rings (SSSR count). The van der Waals surface area contributed by atoms with Gasteiger partial charge in [-0.2, -0.15) is 0 Å². The lowest BCUT2D eigenvalue weighted by Gasteiger charge is -2.22. The molecule has 0 amide bonds. The Balaban J connectivity index is 1.87. The zero-order valence-corrected chi connectivity index (χ0v) is 13.8. The Morgan fingerprint density at radius 1 is 0.917 bits per heavy atom. The SMILES string of the molecule is CO[C@@H]1O[C@@H]([C@H](O)CS[C@@H]2O[C@@H]([C@H](O)CO)[C@H](O)[C@H]2O)[C@H](O)[C@H]1O. The number of aliphatic hydroxyl groups excluding tert-OH is 7. The molecule has 0 unspecified atom stereocenters. The first-order valence-electron chi connectivity index (χ1n) is 7.46. The van der Waals surface area contributed by atoms with E-state index < -0.39 is 67.2 Å². The van der Waals surface area contributed by atoms with Crippen molar-refractivity contribution in [2.45, 2.75) is 60.6 Å².